The molecule has 2 heterocycles. The van der Waals surface area contributed by atoms with E-state index in [0.29, 0.717) is 36.4 Å². The molecule has 2 atom stereocenters. The largest absolute Gasteiger partial charge is 0.447 e. The molecule has 1 saturated carbocycles. The number of amides is 3. The van der Waals surface area contributed by atoms with Gasteiger partial charge in [-0.2, -0.15) is 11.8 Å². The van der Waals surface area contributed by atoms with Crippen LogP contribution in [0, 0.1) is 5.92 Å². The van der Waals surface area contributed by atoms with Crippen molar-refractivity contribution < 1.29 is 19.1 Å². The van der Waals surface area contributed by atoms with Gasteiger partial charge in [0, 0.05) is 44.2 Å². The summed E-state index contributed by atoms with van der Waals surface area (Å²) in [6, 6.07) is 9.02. The van der Waals surface area contributed by atoms with Crippen LogP contribution in [0.2, 0.25) is 0 Å². The van der Waals surface area contributed by atoms with Crippen LogP contribution in [-0.4, -0.2) is 100 Å². The molecule has 1 aromatic rings. The molecule has 0 radical (unpaired) electrons. The van der Waals surface area contributed by atoms with E-state index >= 15 is 0 Å². The Hall–Kier alpha value is -1.95. The zero-order valence-corrected chi connectivity index (χ0v) is 25.5. The van der Waals surface area contributed by atoms with Crippen LogP contribution in [0.1, 0.15) is 51.5 Å². The fourth-order valence-electron chi connectivity index (χ4n) is 5.36. The van der Waals surface area contributed by atoms with Crippen molar-refractivity contribution in [1.82, 2.24) is 25.6 Å². The van der Waals surface area contributed by atoms with Gasteiger partial charge >= 0.3 is 6.09 Å². The van der Waals surface area contributed by atoms with Crippen molar-refractivity contribution in [3.05, 3.63) is 35.9 Å². The quantitative estimate of drug-likeness (QED) is 0.404. The third-order valence-corrected chi connectivity index (χ3v) is 9.96. The van der Waals surface area contributed by atoms with E-state index in [1.807, 2.05) is 23.1 Å². The van der Waals surface area contributed by atoms with Crippen LogP contribution in [0.3, 0.4) is 0 Å². The first-order valence-corrected chi connectivity index (χ1v) is 17.0. The first-order chi connectivity index (χ1) is 19.4. The molecule has 0 spiro atoms. The molecular weight excluding hydrogens is 546 g/mol. The van der Waals surface area contributed by atoms with Gasteiger partial charge in [-0.15, -0.1) is 11.8 Å². The monoisotopic (exact) mass is 591 g/mol. The smallest absolute Gasteiger partial charge is 0.411 e. The van der Waals surface area contributed by atoms with Crippen molar-refractivity contribution in [1.29, 1.82) is 0 Å². The third-order valence-electron chi connectivity index (χ3n) is 7.67. The highest BCUT2D eigenvalue weighted by atomic mass is 32.2. The Morgan fingerprint density at radius 1 is 1.05 bits per heavy atom. The molecule has 0 bridgehead atoms. The third kappa shape index (κ3) is 9.29. The van der Waals surface area contributed by atoms with Crippen LogP contribution in [0.5, 0.6) is 0 Å². The Morgan fingerprint density at radius 3 is 2.48 bits per heavy atom. The van der Waals surface area contributed by atoms with Crippen LogP contribution in [0.15, 0.2) is 30.3 Å². The zero-order chi connectivity index (χ0) is 28.3. The van der Waals surface area contributed by atoms with Crippen molar-refractivity contribution in [3.63, 3.8) is 0 Å². The molecule has 11 heteroatoms. The number of hydrazine groups is 1. The Kier molecular flexibility index (Phi) is 12.3. The number of nitrogens with one attached hydrogen (secondary N) is 2. The summed E-state index contributed by atoms with van der Waals surface area (Å²) in [5, 5.41) is 5.21. The molecule has 40 heavy (non-hydrogen) atoms. The van der Waals surface area contributed by atoms with E-state index in [0.717, 1.165) is 25.4 Å². The van der Waals surface area contributed by atoms with Gasteiger partial charge in [-0.1, -0.05) is 49.6 Å². The molecule has 2 aliphatic heterocycles. The maximum atomic E-state index is 13.7. The number of hydrogen-bond donors (Lipinski definition) is 2. The number of ether oxygens (including phenoxy) is 1. The molecule has 3 aliphatic rings. The number of thioether (sulfide) groups is 2. The molecule has 0 unspecified atom stereocenters. The lowest BCUT2D eigenvalue weighted by atomic mass is 9.91. The molecule has 1 aliphatic carbocycles. The molecule has 2 saturated heterocycles. The minimum Gasteiger partial charge on any atom is -0.447 e. The van der Waals surface area contributed by atoms with E-state index in [2.05, 4.69) is 27.9 Å². The highest BCUT2D eigenvalue weighted by Gasteiger charge is 2.38. The number of piperazine rings is 1. The Balaban J connectivity index is 1.33. The second-order valence-corrected chi connectivity index (χ2v) is 13.2. The molecule has 3 amide bonds. The van der Waals surface area contributed by atoms with Crippen LogP contribution in [0.25, 0.3) is 0 Å². The summed E-state index contributed by atoms with van der Waals surface area (Å²) >= 11 is 3.30. The maximum Gasteiger partial charge on any atom is 0.411 e. The number of nitrogens with zero attached hydrogens (tertiary/aromatic N) is 3. The first-order valence-electron chi connectivity index (χ1n) is 14.6. The van der Waals surface area contributed by atoms with Crippen LogP contribution < -0.4 is 10.7 Å². The summed E-state index contributed by atoms with van der Waals surface area (Å²) in [5.41, 5.74) is 4.68. The average molecular weight is 592 g/mol. The predicted octanol–water partition coefficient (Wildman–Crippen LogP) is 3.55. The van der Waals surface area contributed by atoms with E-state index in [1.54, 1.807) is 25.6 Å². The van der Waals surface area contributed by atoms with E-state index in [4.69, 9.17) is 4.74 Å². The topological polar surface area (TPSA) is 94.2 Å². The fraction of sp³-hybridized carbons (Fsp3) is 0.690. The SMILES string of the molecule is CC(C)OC(=O)N1CSC[C@H]1C(=O)N[C@@H](CSCC1CCCCC1)C(=O)N1CCN(NCc2ccccc2)CC1. The number of carbonyl (C=O) groups is 3. The number of rotatable bonds is 11. The van der Waals surface area contributed by atoms with E-state index in [-0.39, 0.29) is 17.9 Å². The highest BCUT2D eigenvalue weighted by Crippen LogP contribution is 2.27. The van der Waals surface area contributed by atoms with Gasteiger partial charge in [0.2, 0.25) is 11.8 Å². The van der Waals surface area contributed by atoms with Gasteiger partial charge in [0.1, 0.15) is 12.1 Å². The van der Waals surface area contributed by atoms with E-state index in [1.165, 1.54) is 54.3 Å². The zero-order valence-electron chi connectivity index (χ0n) is 23.9. The second-order valence-electron chi connectivity index (χ2n) is 11.2. The van der Waals surface area contributed by atoms with E-state index in [9.17, 15) is 14.4 Å². The van der Waals surface area contributed by atoms with Gasteiger partial charge in [0.25, 0.3) is 0 Å². The number of hydrogen-bond acceptors (Lipinski definition) is 8. The summed E-state index contributed by atoms with van der Waals surface area (Å²) in [7, 11) is 0. The lowest BCUT2D eigenvalue weighted by Crippen LogP contribution is -2.59. The van der Waals surface area contributed by atoms with Gasteiger partial charge < -0.3 is 15.0 Å². The molecule has 2 N–H and O–H groups in total. The molecule has 9 nitrogen and oxygen atoms in total. The van der Waals surface area contributed by atoms with Gasteiger partial charge in [-0.3, -0.25) is 19.9 Å². The summed E-state index contributed by atoms with van der Waals surface area (Å²) in [6.07, 6.45) is 5.66. The van der Waals surface area contributed by atoms with Crippen molar-refractivity contribution in [2.24, 2.45) is 5.92 Å². The molecular formula is C29H45N5O4S2. The second kappa shape index (κ2) is 15.9. The Labute approximate surface area is 247 Å². The normalized spacial score (nSPS) is 21.4. The minimum atomic E-state index is -0.631. The van der Waals surface area contributed by atoms with Gasteiger partial charge in [-0.25, -0.2) is 9.80 Å². The number of carbonyl (C=O) groups excluding carboxylic acids is 3. The van der Waals surface area contributed by atoms with Gasteiger partial charge in [-0.05, 0) is 43.9 Å². The predicted molar refractivity (Wildman–Crippen MR) is 162 cm³/mol. The first kappa shape index (κ1) is 31.0. The van der Waals surface area contributed by atoms with Crippen LogP contribution in [0.4, 0.5) is 4.79 Å². The number of benzene rings is 1. The summed E-state index contributed by atoms with van der Waals surface area (Å²) < 4.78 is 5.36. The summed E-state index contributed by atoms with van der Waals surface area (Å²) in [5.74, 6) is 2.86. The molecule has 3 fully saturated rings. The van der Waals surface area contributed by atoms with Gasteiger partial charge in [0.05, 0.1) is 12.0 Å². The minimum absolute atomic E-state index is 0.0332. The standard InChI is InChI=1S/C29H45N5O4S2/c1-22(2)38-29(37)34-21-40-20-26(34)27(35)31-25(19-39-18-24-11-7-4-8-12-24)28(36)32-13-15-33(16-14-32)30-17-23-9-5-3-6-10-23/h3,5-6,9-10,22,24-26,30H,4,7-8,11-21H2,1-2H3,(H,31,35)/t25-,26-/m0/s1. The van der Waals surface area contributed by atoms with Gasteiger partial charge in [0.15, 0.2) is 0 Å². The van der Waals surface area contributed by atoms with Crippen LogP contribution >= 0.6 is 23.5 Å². The summed E-state index contributed by atoms with van der Waals surface area (Å²) in [4.78, 5) is 43.1. The lowest BCUT2D eigenvalue weighted by molar-refractivity contribution is -0.138. The van der Waals surface area contributed by atoms with Crippen molar-refractivity contribution >= 4 is 41.4 Å². The molecule has 4 rings (SSSR count). The Morgan fingerprint density at radius 2 is 1.77 bits per heavy atom. The lowest BCUT2D eigenvalue weighted by Gasteiger charge is -2.37. The average Bonchev–Trinajstić information content (AvgIpc) is 3.47. The van der Waals surface area contributed by atoms with Crippen LogP contribution in [-0.2, 0) is 20.9 Å². The Bertz CT molecular complexity index is 955. The van der Waals surface area contributed by atoms with Crippen molar-refractivity contribution in [2.45, 2.75) is 70.7 Å². The maximum absolute atomic E-state index is 13.7. The van der Waals surface area contributed by atoms with Crippen molar-refractivity contribution in [3.8, 4) is 0 Å². The molecule has 222 valence electrons. The summed E-state index contributed by atoms with van der Waals surface area (Å²) in [6.45, 7) is 7.00. The highest BCUT2D eigenvalue weighted by molar-refractivity contribution is 7.99. The van der Waals surface area contributed by atoms with Crippen molar-refractivity contribution in [2.75, 3.05) is 49.3 Å². The fourth-order valence-corrected chi connectivity index (χ4v) is 7.77. The molecule has 1 aromatic carbocycles. The molecule has 0 aromatic heterocycles. The van der Waals surface area contributed by atoms with E-state index < -0.39 is 18.2 Å².